The molecule has 0 aliphatic carbocycles. The highest BCUT2D eigenvalue weighted by atomic mass is 35.5. The molecule has 1 amide bonds. The number of rotatable bonds is 6. The summed E-state index contributed by atoms with van der Waals surface area (Å²) in [5.41, 5.74) is 2.44. The van der Waals surface area contributed by atoms with Gasteiger partial charge in [0.1, 0.15) is 0 Å². The Morgan fingerprint density at radius 2 is 1.91 bits per heavy atom. The smallest absolute Gasteiger partial charge is 0.338 e. The van der Waals surface area contributed by atoms with Crippen molar-refractivity contribution >= 4 is 23.5 Å². The van der Waals surface area contributed by atoms with E-state index in [1.165, 1.54) is 0 Å². The normalized spacial score (nSPS) is 10.2. The van der Waals surface area contributed by atoms with Crippen LogP contribution in [0, 0.1) is 6.92 Å². The van der Waals surface area contributed by atoms with Crippen LogP contribution in [0.4, 0.5) is 0 Å². The molecule has 0 saturated heterocycles. The molecule has 0 aliphatic heterocycles. The summed E-state index contributed by atoms with van der Waals surface area (Å²) in [5, 5.41) is 3.38. The number of esters is 1. The molecule has 120 valence electrons. The van der Waals surface area contributed by atoms with E-state index in [2.05, 4.69) is 5.32 Å². The number of benzene rings is 2. The Kier molecular flexibility index (Phi) is 6.18. The first-order valence-electron chi connectivity index (χ1n) is 7.29. The first-order valence-corrected chi connectivity index (χ1v) is 7.67. The van der Waals surface area contributed by atoms with Gasteiger partial charge in [0, 0.05) is 11.6 Å². The Balaban J connectivity index is 1.72. The van der Waals surface area contributed by atoms with Crippen molar-refractivity contribution < 1.29 is 14.3 Å². The van der Waals surface area contributed by atoms with Crippen molar-refractivity contribution in [3.05, 3.63) is 70.2 Å². The van der Waals surface area contributed by atoms with Crippen LogP contribution in [0.3, 0.4) is 0 Å². The number of carbonyl (C=O) groups excluding carboxylic acids is 2. The van der Waals surface area contributed by atoms with Crippen molar-refractivity contribution in [1.82, 2.24) is 5.32 Å². The quantitative estimate of drug-likeness (QED) is 0.827. The standard InChI is InChI=1S/C18H18ClNO3/c1-13-4-2-6-15(10-13)18(22)23-12-17(21)20-9-8-14-5-3-7-16(19)11-14/h2-7,10-11H,8-9,12H2,1H3,(H,20,21). The molecule has 2 aromatic rings. The summed E-state index contributed by atoms with van der Waals surface area (Å²) in [5.74, 6) is -0.827. The molecule has 0 aromatic heterocycles. The van der Waals surface area contributed by atoms with Gasteiger partial charge in [-0.05, 0) is 43.2 Å². The average Bonchev–Trinajstić information content (AvgIpc) is 2.52. The van der Waals surface area contributed by atoms with Crippen molar-refractivity contribution in [3.8, 4) is 0 Å². The van der Waals surface area contributed by atoms with Crippen molar-refractivity contribution in [3.63, 3.8) is 0 Å². The molecular formula is C18H18ClNO3. The van der Waals surface area contributed by atoms with Crippen LogP contribution in [-0.2, 0) is 16.0 Å². The number of ether oxygens (including phenoxy) is 1. The van der Waals surface area contributed by atoms with Crippen LogP contribution in [0.5, 0.6) is 0 Å². The fourth-order valence-electron chi connectivity index (χ4n) is 2.08. The molecule has 0 aliphatic rings. The largest absolute Gasteiger partial charge is 0.452 e. The van der Waals surface area contributed by atoms with E-state index in [0.29, 0.717) is 23.6 Å². The van der Waals surface area contributed by atoms with Crippen molar-refractivity contribution in [2.75, 3.05) is 13.2 Å². The lowest BCUT2D eigenvalue weighted by Gasteiger charge is -2.07. The summed E-state index contributed by atoms with van der Waals surface area (Å²) in [7, 11) is 0. The Labute approximate surface area is 140 Å². The number of hydrogen-bond acceptors (Lipinski definition) is 3. The zero-order valence-corrected chi connectivity index (χ0v) is 13.6. The van der Waals surface area contributed by atoms with Crippen LogP contribution >= 0.6 is 11.6 Å². The number of carbonyl (C=O) groups is 2. The second-order valence-electron chi connectivity index (χ2n) is 5.18. The summed E-state index contributed by atoms with van der Waals surface area (Å²) in [6, 6.07) is 14.5. The average molecular weight is 332 g/mol. The molecular weight excluding hydrogens is 314 g/mol. The molecule has 1 N–H and O–H groups in total. The Bertz CT molecular complexity index is 700. The summed E-state index contributed by atoms with van der Waals surface area (Å²) < 4.78 is 4.99. The zero-order chi connectivity index (χ0) is 16.7. The molecule has 0 saturated carbocycles. The predicted octanol–water partition coefficient (Wildman–Crippen LogP) is 3.16. The molecule has 0 heterocycles. The molecule has 2 rings (SSSR count). The fourth-order valence-corrected chi connectivity index (χ4v) is 2.29. The number of amides is 1. The van der Waals surface area contributed by atoms with Gasteiger partial charge in [-0.3, -0.25) is 4.79 Å². The van der Waals surface area contributed by atoms with Crippen LogP contribution in [0.25, 0.3) is 0 Å². The van der Waals surface area contributed by atoms with E-state index < -0.39 is 5.97 Å². The number of hydrogen-bond donors (Lipinski definition) is 1. The molecule has 0 fully saturated rings. The maximum atomic E-state index is 11.8. The van der Waals surface area contributed by atoms with Crippen molar-refractivity contribution in [1.29, 1.82) is 0 Å². The van der Waals surface area contributed by atoms with Crippen LogP contribution < -0.4 is 5.32 Å². The van der Waals surface area contributed by atoms with E-state index in [9.17, 15) is 9.59 Å². The van der Waals surface area contributed by atoms with Gasteiger partial charge < -0.3 is 10.1 Å². The van der Waals surface area contributed by atoms with Gasteiger partial charge in [0.2, 0.25) is 0 Å². The van der Waals surface area contributed by atoms with Crippen LogP contribution in [-0.4, -0.2) is 25.0 Å². The lowest BCUT2D eigenvalue weighted by Crippen LogP contribution is -2.30. The lowest BCUT2D eigenvalue weighted by molar-refractivity contribution is -0.124. The van der Waals surface area contributed by atoms with Gasteiger partial charge in [-0.2, -0.15) is 0 Å². The molecule has 0 unspecified atom stereocenters. The summed E-state index contributed by atoms with van der Waals surface area (Å²) in [4.78, 5) is 23.5. The second-order valence-corrected chi connectivity index (χ2v) is 5.61. The second kappa shape index (κ2) is 8.34. The van der Waals surface area contributed by atoms with Gasteiger partial charge in [0.25, 0.3) is 5.91 Å². The SMILES string of the molecule is Cc1cccc(C(=O)OCC(=O)NCCc2cccc(Cl)c2)c1. The van der Waals surface area contributed by atoms with Gasteiger partial charge in [0.15, 0.2) is 6.61 Å². The van der Waals surface area contributed by atoms with Gasteiger partial charge >= 0.3 is 5.97 Å². The molecule has 4 nitrogen and oxygen atoms in total. The lowest BCUT2D eigenvalue weighted by atomic mass is 10.1. The summed E-state index contributed by atoms with van der Waals surface area (Å²) >= 11 is 5.90. The molecule has 0 atom stereocenters. The zero-order valence-electron chi connectivity index (χ0n) is 12.8. The van der Waals surface area contributed by atoms with E-state index >= 15 is 0 Å². The minimum atomic E-state index is -0.501. The molecule has 0 bridgehead atoms. The summed E-state index contributed by atoms with van der Waals surface area (Å²) in [6.07, 6.45) is 0.665. The fraction of sp³-hybridized carbons (Fsp3) is 0.222. The Morgan fingerprint density at radius 1 is 1.13 bits per heavy atom. The van der Waals surface area contributed by atoms with E-state index in [-0.39, 0.29) is 12.5 Å². The number of halogens is 1. The van der Waals surface area contributed by atoms with E-state index in [0.717, 1.165) is 11.1 Å². The first-order chi connectivity index (χ1) is 11.0. The maximum Gasteiger partial charge on any atom is 0.338 e. The molecule has 0 spiro atoms. The third-order valence-corrected chi connectivity index (χ3v) is 3.45. The highest BCUT2D eigenvalue weighted by molar-refractivity contribution is 6.30. The van der Waals surface area contributed by atoms with Gasteiger partial charge in [-0.25, -0.2) is 4.79 Å². The molecule has 0 radical (unpaired) electrons. The van der Waals surface area contributed by atoms with Crippen LogP contribution in [0.1, 0.15) is 21.5 Å². The maximum absolute atomic E-state index is 11.8. The van der Waals surface area contributed by atoms with Gasteiger partial charge in [-0.15, -0.1) is 0 Å². The van der Waals surface area contributed by atoms with Gasteiger partial charge in [0.05, 0.1) is 5.56 Å². The number of aryl methyl sites for hydroxylation is 1. The van der Waals surface area contributed by atoms with E-state index in [1.807, 2.05) is 31.2 Å². The Morgan fingerprint density at radius 3 is 2.65 bits per heavy atom. The third-order valence-electron chi connectivity index (χ3n) is 3.21. The minimum absolute atomic E-state index is 0.289. The third kappa shape index (κ3) is 5.75. The van der Waals surface area contributed by atoms with Crippen molar-refractivity contribution in [2.45, 2.75) is 13.3 Å². The van der Waals surface area contributed by atoms with Gasteiger partial charge in [-0.1, -0.05) is 41.4 Å². The highest BCUT2D eigenvalue weighted by Crippen LogP contribution is 2.10. The molecule has 2 aromatic carbocycles. The van der Waals surface area contributed by atoms with Crippen LogP contribution in [0.2, 0.25) is 5.02 Å². The van der Waals surface area contributed by atoms with Crippen LogP contribution in [0.15, 0.2) is 48.5 Å². The monoisotopic (exact) mass is 331 g/mol. The van der Waals surface area contributed by atoms with E-state index in [1.54, 1.807) is 24.3 Å². The minimum Gasteiger partial charge on any atom is -0.452 e. The first kappa shape index (κ1) is 17.0. The highest BCUT2D eigenvalue weighted by Gasteiger charge is 2.09. The molecule has 5 heteroatoms. The molecule has 23 heavy (non-hydrogen) atoms. The van der Waals surface area contributed by atoms with Crippen molar-refractivity contribution in [2.24, 2.45) is 0 Å². The van der Waals surface area contributed by atoms with E-state index in [4.69, 9.17) is 16.3 Å². The predicted molar refractivity (Wildman–Crippen MR) is 89.6 cm³/mol. The number of nitrogens with one attached hydrogen (secondary N) is 1. The Hall–Kier alpha value is -2.33. The summed E-state index contributed by atoms with van der Waals surface area (Å²) in [6.45, 7) is 2.06. The topological polar surface area (TPSA) is 55.4 Å².